The summed E-state index contributed by atoms with van der Waals surface area (Å²) < 4.78 is 13.8. The smallest absolute Gasteiger partial charge is 0.275 e. The summed E-state index contributed by atoms with van der Waals surface area (Å²) in [6.45, 7) is 1.64. The Bertz CT molecular complexity index is 797. The standard InChI is InChI=1S/C16H13FN2O3S/c1-10-6-7-11(8-13(10)17)18-15(20)9-23-16(18)12-4-2-3-5-14(12)19(21)22/h2-8,16H,9H2,1H3. The number of thioether (sulfide) groups is 1. The number of hydrogen-bond acceptors (Lipinski definition) is 4. The van der Waals surface area contributed by atoms with Crippen LogP contribution < -0.4 is 4.90 Å². The van der Waals surface area contributed by atoms with Crippen LogP contribution in [0, 0.1) is 22.9 Å². The van der Waals surface area contributed by atoms with E-state index in [4.69, 9.17) is 0 Å². The van der Waals surface area contributed by atoms with Crippen molar-refractivity contribution >= 4 is 29.0 Å². The molecule has 0 aliphatic carbocycles. The molecule has 1 atom stereocenters. The Kier molecular flexibility index (Phi) is 4.04. The number of carbonyl (C=O) groups excluding carboxylic acids is 1. The van der Waals surface area contributed by atoms with Crippen molar-refractivity contribution in [3.63, 3.8) is 0 Å². The lowest BCUT2D eigenvalue weighted by Gasteiger charge is -2.24. The quantitative estimate of drug-likeness (QED) is 0.633. The number of nitrogens with zero attached hydrogens (tertiary/aromatic N) is 2. The maximum absolute atomic E-state index is 13.8. The zero-order valence-electron chi connectivity index (χ0n) is 12.2. The fourth-order valence-electron chi connectivity index (χ4n) is 2.53. The average Bonchev–Trinajstić information content (AvgIpc) is 2.91. The van der Waals surface area contributed by atoms with Gasteiger partial charge in [0.15, 0.2) is 0 Å². The topological polar surface area (TPSA) is 63.5 Å². The van der Waals surface area contributed by atoms with Crippen LogP contribution in [-0.2, 0) is 4.79 Å². The molecule has 0 spiro atoms. The predicted molar refractivity (Wildman–Crippen MR) is 86.9 cm³/mol. The molecule has 2 aromatic carbocycles. The number of aryl methyl sites for hydroxylation is 1. The lowest BCUT2D eigenvalue weighted by atomic mass is 10.1. The zero-order valence-corrected chi connectivity index (χ0v) is 13.0. The van der Waals surface area contributed by atoms with Gasteiger partial charge in [-0.05, 0) is 30.7 Å². The molecule has 0 bridgehead atoms. The van der Waals surface area contributed by atoms with Crippen molar-refractivity contribution in [1.82, 2.24) is 0 Å². The molecule has 1 aliphatic heterocycles. The molecule has 1 amide bonds. The summed E-state index contributed by atoms with van der Waals surface area (Å²) in [6.07, 6.45) is 0. The number of hydrogen-bond donors (Lipinski definition) is 0. The summed E-state index contributed by atoms with van der Waals surface area (Å²) >= 11 is 1.30. The fraction of sp³-hybridized carbons (Fsp3) is 0.188. The number of benzene rings is 2. The van der Waals surface area contributed by atoms with Crippen molar-refractivity contribution in [2.45, 2.75) is 12.3 Å². The first-order valence-electron chi connectivity index (χ1n) is 6.92. The van der Waals surface area contributed by atoms with Crippen molar-refractivity contribution in [3.05, 3.63) is 69.5 Å². The third kappa shape index (κ3) is 2.79. The largest absolute Gasteiger partial charge is 0.295 e. The van der Waals surface area contributed by atoms with Crippen molar-refractivity contribution in [2.75, 3.05) is 10.7 Å². The molecule has 1 unspecified atom stereocenters. The summed E-state index contributed by atoms with van der Waals surface area (Å²) in [5.74, 6) is -0.401. The fourth-order valence-corrected chi connectivity index (χ4v) is 3.73. The highest BCUT2D eigenvalue weighted by molar-refractivity contribution is 8.00. The van der Waals surface area contributed by atoms with E-state index >= 15 is 0 Å². The lowest BCUT2D eigenvalue weighted by Crippen LogP contribution is -2.28. The Hall–Kier alpha value is -2.41. The number of anilines is 1. The third-order valence-corrected chi connectivity index (χ3v) is 4.90. The van der Waals surface area contributed by atoms with Crippen LogP contribution in [0.25, 0.3) is 0 Å². The van der Waals surface area contributed by atoms with Crippen LogP contribution in [0.4, 0.5) is 15.8 Å². The molecule has 23 heavy (non-hydrogen) atoms. The molecule has 0 radical (unpaired) electrons. The number of carbonyl (C=O) groups is 1. The molecule has 118 valence electrons. The van der Waals surface area contributed by atoms with Gasteiger partial charge in [-0.1, -0.05) is 18.2 Å². The van der Waals surface area contributed by atoms with E-state index in [0.717, 1.165) is 0 Å². The Morgan fingerprint density at radius 1 is 1.30 bits per heavy atom. The van der Waals surface area contributed by atoms with E-state index in [-0.39, 0.29) is 17.3 Å². The number of halogens is 1. The van der Waals surface area contributed by atoms with Crippen molar-refractivity contribution in [2.24, 2.45) is 0 Å². The summed E-state index contributed by atoms with van der Waals surface area (Å²) in [7, 11) is 0. The summed E-state index contributed by atoms with van der Waals surface area (Å²) in [6, 6.07) is 10.9. The van der Waals surface area contributed by atoms with E-state index in [2.05, 4.69) is 0 Å². The van der Waals surface area contributed by atoms with Gasteiger partial charge >= 0.3 is 0 Å². The van der Waals surface area contributed by atoms with Gasteiger partial charge in [0, 0.05) is 11.8 Å². The zero-order chi connectivity index (χ0) is 16.6. The maximum Gasteiger partial charge on any atom is 0.275 e. The van der Waals surface area contributed by atoms with Gasteiger partial charge < -0.3 is 0 Å². The minimum Gasteiger partial charge on any atom is -0.295 e. The molecular formula is C16H13FN2O3S. The molecular weight excluding hydrogens is 319 g/mol. The maximum atomic E-state index is 13.8. The average molecular weight is 332 g/mol. The van der Waals surface area contributed by atoms with Crippen LogP contribution in [0.2, 0.25) is 0 Å². The highest BCUT2D eigenvalue weighted by Crippen LogP contribution is 2.44. The van der Waals surface area contributed by atoms with Gasteiger partial charge in [-0.25, -0.2) is 4.39 Å². The molecule has 5 nitrogen and oxygen atoms in total. The van der Waals surface area contributed by atoms with Gasteiger partial charge in [-0.2, -0.15) is 0 Å². The second-order valence-corrected chi connectivity index (χ2v) is 6.25. The first-order chi connectivity index (χ1) is 11.0. The number of amides is 1. The van der Waals surface area contributed by atoms with E-state index in [9.17, 15) is 19.3 Å². The van der Waals surface area contributed by atoms with Crippen molar-refractivity contribution in [3.8, 4) is 0 Å². The first-order valence-corrected chi connectivity index (χ1v) is 7.97. The summed E-state index contributed by atoms with van der Waals surface area (Å²) in [4.78, 5) is 24.4. The van der Waals surface area contributed by atoms with Crippen LogP contribution in [0.1, 0.15) is 16.5 Å². The Labute approximate surface area is 136 Å². The van der Waals surface area contributed by atoms with E-state index in [1.807, 2.05) is 0 Å². The SMILES string of the molecule is Cc1ccc(N2C(=O)CSC2c2ccccc2[N+](=O)[O-])cc1F. The Morgan fingerprint density at radius 2 is 2.04 bits per heavy atom. The minimum absolute atomic E-state index is 0.0442. The van der Waals surface area contributed by atoms with Gasteiger partial charge in [0.25, 0.3) is 5.69 Å². The van der Waals surface area contributed by atoms with Gasteiger partial charge in [-0.3, -0.25) is 19.8 Å². The lowest BCUT2D eigenvalue weighted by molar-refractivity contribution is -0.385. The van der Waals surface area contributed by atoms with Crippen LogP contribution >= 0.6 is 11.8 Å². The van der Waals surface area contributed by atoms with E-state index in [1.54, 1.807) is 37.3 Å². The second kappa shape index (κ2) is 6.00. The highest BCUT2D eigenvalue weighted by atomic mass is 32.2. The molecule has 1 heterocycles. The van der Waals surface area contributed by atoms with Crippen molar-refractivity contribution in [1.29, 1.82) is 0 Å². The third-order valence-electron chi connectivity index (χ3n) is 3.70. The van der Waals surface area contributed by atoms with Gasteiger partial charge in [0.1, 0.15) is 11.2 Å². The number of para-hydroxylation sites is 1. The molecule has 0 N–H and O–H groups in total. The Morgan fingerprint density at radius 3 is 2.74 bits per heavy atom. The van der Waals surface area contributed by atoms with Gasteiger partial charge in [0.2, 0.25) is 5.91 Å². The summed E-state index contributed by atoms with van der Waals surface area (Å²) in [5.41, 5.74) is 1.29. The van der Waals surface area contributed by atoms with Gasteiger partial charge in [-0.15, -0.1) is 11.8 Å². The van der Waals surface area contributed by atoms with Crippen LogP contribution in [0.15, 0.2) is 42.5 Å². The molecule has 1 fully saturated rings. The molecule has 0 saturated carbocycles. The molecule has 1 saturated heterocycles. The van der Waals surface area contributed by atoms with Gasteiger partial charge in [0.05, 0.1) is 16.2 Å². The van der Waals surface area contributed by atoms with E-state index in [1.165, 1.54) is 28.8 Å². The van der Waals surface area contributed by atoms with E-state index in [0.29, 0.717) is 16.8 Å². The molecule has 2 aromatic rings. The molecule has 7 heteroatoms. The monoisotopic (exact) mass is 332 g/mol. The van der Waals surface area contributed by atoms with Crippen LogP contribution in [-0.4, -0.2) is 16.6 Å². The van der Waals surface area contributed by atoms with Crippen LogP contribution in [0.5, 0.6) is 0 Å². The predicted octanol–water partition coefficient (Wildman–Crippen LogP) is 3.82. The molecule has 0 aromatic heterocycles. The number of nitro benzene ring substituents is 1. The first kappa shape index (κ1) is 15.5. The minimum atomic E-state index is -0.536. The Balaban J connectivity index is 2.07. The second-order valence-electron chi connectivity index (χ2n) is 5.18. The van der Waals surface area contributed by atoms with E-state index < -0.39 is 16.1 Å². The van der Waals surface area contributed by atoms with Crippen LogP contribution in [0.3, 0.4) is 0 Å². The summed E-state index contributed by atoms with van der Waals surface area (Å²) in [5, 5.41) is 10.7. The molecule has 3 rings (SSSR count). The van der Waals surface area contributed by atoms with Crippen molar-refractivity contribution < 1.29 is 14.1 Å². The number of nitro groups is 1. The normalized spacial score (nSPS) is 17.6. The number of rotatable bonds is 3. The molecule has 1 aliphatic rings. The highest BCUT2D eigenvalue weighted by Gasteiger charge is 2.37.